The molecule has 0 radical (unpaired) electrons. The predicted octanol–water partition coefficient (Wildman–Crippen LogP) is 3.33. The summed E-state index contributed by atoms with van der Waals surface area (Å²) in [5, 5.41) is 12.5. The van der Waals surface area contributed by atoms with Crippen LogP contribution in [0, 0.1) is 5.41 Å². The second kappa shape index (κ2) is 6.41. The highest BCUT2D eigenvalue weighted by molar-refractivity contribution is 7.89. The van der Waals surface area contributed by atoms with Crippen LogP contribution in [0.2, 0.25) is 0 Å². The maximum Gasteiger partial charge on any atom is 0.573 e. The van der Waals surface area contributed by atoms with E-state index in [9.17, 15) is 21.6 Å². The second-order valence-electron chi connectivity index (χ2n) is 6.30. The van der Waals surface area contributed by atoms with Gasteiger partial charge < -0.3 is 10.1 Å². The van der Waals surface area contributed by atoms with Crippen molar-refractivity contribution in [3.8, 4) is 16.9 Å². The third kappa shape index (κ3) is 4.03. The Balaban J connectivity index is 1.91. The van der Waals surface area contributed by atoms with Crippen molar-refractivity contribution in [2.75, 3.05) is 12.8 Å². The lowest BCUT2D eigenvalue weighted by Crippen LogP contribution is -2.60. The Morgan fingerprint density at radius 2 is 2.00 bits per heavy atom. The van der Waals surface area contributed by atoms with Crippen LogP contribution in [-0.2, 0) is 15.6 Å². The minimum absolute atomic E-state index is 0.237. The van der Waals surface area contributed by atoms with Gasteiger partial charge in [-0.15, -0.1) is 24.5 Å². The fourth-order valence-corrected chi connectivity index (χ4v) is 5.36. The minimum atomic E-state index is -4.78. The van der Waals surface area contributed by atoms with Gasteiger partial charge in [0.15, 0.2) is 0 Å². The van der Waals surface area contributed by atoms with Gasteiger partial charge in [0.05, 0.1) is 11.3 Å². The number of thiophene rings is 1. The summed E-state index contributed by atoms with van der Waals surface area (Å²) >= 11 is 1.27. The monoisotopic (exact) mass is 419 g/mol. The molecule has 1 fully saturated rings. The Morgan fingerprint density at radius 3 is 2.63 bits per heavy atom. The standard InChI is InChI=1S/C16H16F3N3O3S2/c1-15(9-27(23,24)22(2)14(20)21-15)13-7-11(8-26-13)10-4-3-5-12(6-10)25-16(17,18)19/h3-8H,9H2,1-2H3,(H2,20,21)/t15-/m0/s1. The number of guanidine groups is 1. The Morgan fingerprint density at radius 1 is 1.30 bits per heavy atom. The van der Waals surface area contributed by atoms with Crippen LogP contribution in [0.5, 0.6) is 5.75 Å². The molecule has 3 rings (SSSR count). The van der Waals surface area contributed by atoms with Crippen molar-refractivity contribution in [3.63, 3.8) is 0 Å². The van der Waals surface area contributed by atoms with Crippen LogP contribution in [0.15, 0.2) is 35.7 Å². The topological polar surface area (TPSA) is 82.5 Å². The molecule has 1 saturated heterocycles. The van der Waals surface area contributed by atoms with E-state index in [1.807, 2.05) is 0 Å². The van der Waals surface area contributed by atoms with E-state index in [0.29, 0.717) is 16.0 Å². The number of nitrogens with one attached hydrogen (secondary N) is 2. The van der Waals surface area contributed by atoms with Gasteiger partial charge in [-0.2, -0.15) is 0 Å². The number of hydrogen-bond acceptors (Lipinski definition) is 5. The van der Waals surface area contributed by atoms with Crippen molar-refractivity contribution < 1.29 is 26.3 Å². The SMILES string of the molecule is CN1C(=N)N[C@](C)(c2cc(-c3cccc(OC(F)(F)F)c3)cs2)CS1(=O)=O. The first kappa shape index (κ1) is 19.5. The quantitative estimate of drug-likeness (QED) is 0.800. The lowest BCUT2D eigenvalue weighted by atomic mass is 10.0. The van der Waals surface area contributed by atoms with Gasteiger partial charge in [-0.05, 0) is 41.6 Å². The summed E-state index contributed by atoms with van der Waals surface area (Å²) in [6.07, 6.45) is -4.78. The zero-order valence-corrected chi connectivity index (χ0v) is 15.9. The summed E-state index contributed by atoms with van der Waals surface area (Å²) in [6, 6.07) is 7.26. The molecule has 1 atom stereocenters. The third-order valence-electron chi connectivity index (χ3n) is 4.14. The maximum absolute atomic E-state index is 12.4. The number of nitrogens with zero attached hydrogens (tertiary/aromatic N) is 1. The average molecular weight is 419 g/mol. The normalized spacial score (nSPS) is 22.4. The first-order valence-corrected chi connectivity index (χ1v) is 10.2. The average Bonchev–Trinajstić information content (AvgIpc) is 3.01. The molecule has 27 heavy (non-hydrogen) atoms. The van der Waals surface area contributed by atoms with Gasteiger partial charge in [-0.3, -0.25) is 5.41 Å². The first-order chi connectivity index (χ1) is 12.4. The number of rotatable bonds is 3. The minimum Gasteiger partial charge on any atom is -0.406 e. The number of hydrogen-bond donors (Lipinski definition) is 2. The zero-order chi connectivity index (χ0) is 20.0. The Bertz CT molecular complexity index is 988. The van der Waals surface area contributed by atoms with Crippen molar-refractivity contribution in [1.82, 2.24) is 9.62 Å². The predicted molar refractivity (Wildman–Crippen MR) is 96.2 cm³/mol. The highest BCUT2D eigenvalue weighted by atomic mass is 32.2. The zero-order valence-electron chi connectivity index (χ0n) is 14.3. The van der Waals surface area contributed by atoms with E-state index in [-0.39, 0.29) is 17.5 Å². The largest absolute Gasteiger partial charge is 0.573 e. The van der Waals surface area contributed by atoms with Gasteiger partial charge in [0.25, 0.3) is 0 Å². The molecule has 0 bridgehead atoms. The van der Waals surface area contributed by atoms with E-state index in [4.69, 9.17) is 5.41 Å². The van der Waals surface area contributed by atoms with Crippen LogP contribution in [-0.4, -0.2) is 37.8 Å². The summed E-state index contributed by atoms with van der Waals surface area (Å²) in [5.74, 6) is -0.809. The second-order valence-corrected chi connectivity index (χ2v) is 9.22. The molecule has 2 heterocycles. The van der Waals surface area contributed by atoms with Crippen LogP contribution in [0.1, 0.15) is 11.8 Å². The molecule has 1 aliphatic rings. The smallest absolute Gasteiger partial charge is 0.406 e. The molecular formula is C16H16F3N3O3S2. The fraction of sp³-hybridized carbons (Fsp3) is 0.312. The molecule has 11 heteroatoms. The van der Waals surface area contributed by atoms with Gasteiger partial charge >= 0.3 is 6.36 Å². The third-order valence-corrected chi connectivity index (χ3v) is 7.30. The van der Waals surface area contributed by atoms with E-state index >= 15 is 0 Å². The van der Waals surface area contributed by atoms with Gasteiger partial charge in [-0.25, -0.2) is 12.7 Å². The summed E-state index contributed by atoms with van der Waals surface area (Å²) in [7, 11) is -2.34. The van der Waals surface area contributed by atoms with Crippen molar-refractivity contribution in [1.29, 1.82) is 5.41 Å². The van der Waals surface area contributed by atoms with Crippen molar-refractivity contribution in [2.24, 2.45) is 0 Å². The summed E-state index contributed by atoms with van der Waals surface area (Å²) < 4.78 is 66.6. The molecule has 1 aromatic heterocycles. The number of alkyl halides is 3. The highest BCUT2D eigenvalue weighted by Crippen LogP contribution is 2.36. The molecule has 1 aromatic carbocycles. The van der Waals surface area contributed by atoms with E-state index in [2.05, 4.69) is 10.1 Å². The van der Waals surface area contributed by atoms with Gasteiger partial charge in [0.1, 0.15) is 5.75 Å². The van der Waals surface area contributed by atoms with Crippen LogP contribution < -0.4 is 10.1 Å². The number of benzene rings is 1. The molecule has 146 valence electrons. The lowest BCUT2D eigenvalue weighted by molar-refractivity contribution is -0.274. The molecule has 6 nitrogen and oxygen atoms in total. The van der Waals surface area contributed by atoms with Crippen molar-refractivity contribution in [3.05, 3.63) is 40.6 Å². The molecule has 2 N–H and O–H groups in total. The Labute approximate surface area is 158 Å². The van der Waals surface area contributed by atoms with E-state index in [1.165, 1.54) is 36.6 Å². The van der Waals surface area contributed by atoms with Crippen molar-refractivity contribution >= 4 is 27.3 Å². The molecule has 0 unspecified atom stereocenters. The fourth-order valence-electron chi connectivity index (χ4n) is 2.76. The Hall–Kier alpha value is -2.27. The molecule has 0 spiro atoms. The lowest BCUT2D eigenvalue weighted by Gasteiger charge is -2.39. The Kier molecular flexibility index (Phi) is 4.63. The number of ether oxygens (including phenoxy) is 1. The number of sulfonamides is 1. The number of halogens is 3. The van der Waals surface area contributed by atoms with Gasteiger partial charge in [0.2, 0.25) is 16.0 Å². The first-order valence-electron chi connectivity index (χ1n) is 7.68. The van der Waals surface area contributed by atoms with E-state index in [0.717, 1.165) is 4.31 Å². The maximum atomic E-state index is 12.4. The molecular weight excluding hydrogens is 403 g/mol. The van der Waals surface area contributed by atoms with E-state index < -0.39 is 21.9 Å². The highest BCUT2D eigenvalue weighted by Gasteiger charge is 2.42. The van der Waals surface area contributed by atoms with Crippen LogP contribution in [0.4, 0.5) is 13.2 Å². The summed E-state index contributed by atoms with van der Waals surface area (Å²) in [4.78, 5) is 0.654. The van der Waals surface area contributed by atoms with Gasteiger partial charge in [-0.1, -0.05) is 12.1 Å². The van der Waals surface area contributed by atoms with Crippen LogP contribution >= 0.6 is 11.3 Å². The molecule has 2 aromatic rings. The van der Waals surface area contributed by atoms with Crippen molar-refractivity contribution in [2.45, 2.75) is 18.8 Å². The van der Waals surface area contributed by atoms with Crippen LogP contribution in [0.25, 0.3) is 11.1 Å². The molecule has 0 aliphatic carbocycles. The molecule has 1 aliphatic heterocycles. The summed E-state index contributed by atoms with van der Waals surface area (Å²) in [6.45, 7) is 1.67. The van der Waals surface area contributed by atoms with Crippen LogP contribution in [0.3, 0.4) is 0 Å². The summed E-state index contributed by atoms with van der Waals surface area (Å²) in [5.41, 5.74) is 0.132. The molecule has 0 amide bonds. The molecule has 0 saturated carbocycles. The van der Waals surface area contributed by atoms with E-state index in [1.54, 1.807) is 24.4 Å². The van der Waals surface area contributed by atoms with Gasteiger partial charge in [0, 0.05) is 11.9 Å².